The highest BCUT2D eigenvalue weighted by atomic mass is 32.2. The summed E-state index contributed by atoms with van der Waals surface area (Å²) in [6.45, 7) is 4.36. The van der Waals surface area contributed by atoms with Gasteiger partial charge in [0.2, 0.25) is 0 Å². The normalized spacial score (nSPS) is 19.6. The van der Waals surface area contributed by atoms with Gasteiger partial charge in [-0.25, -0.2) is 23.4 Å². The molecule has 41 heavy (non-hydrogen) atoms. The topological polar surface area (TPSA) is 156 Å². The van der Waals surface area contributed by atoms with E-state index in [9.17, 15) is 18.6 Å². The molecule has 2 aliphatic heterocycles. The fourth-order valence-corrected chi connectivity index (χ4v) is 6.31. The quantitative estimate of drug-likeness (QED) is 0.335. The number of pyridine rings is 1. The summed E-state index contributed by atoms with van der Waals surface area (Å²) in [7, 11) is -3.48. The Bertz CT molecular complexity index is 1600. The van der Waals surface area contributed by atoms with Gasteiger partial charge in [0.05, 0.1) is 47.7 Å². The Hall–Kier alpha value is -3.57. The Balaban J connectivity index is 1.24. The molecule has 0 aromatic carbocycles. The van der Waals surface area contributed by atoms with E-state index in [1.54, 1.807) is 18.5 Å². The van der Waals surface area contributed by atoms with Gasteiger partial charge in [0, 0.05) is 44.6 Å². The second-order valence-electron chi connectivity index (χ2n) is 11.5. The lowest BCUT2D eigenvalue weighted by atomic mass is 9.81. The molecule has 13 heteroatoms. The van der Waals surface area contributed by atoms with Crippen molar-refractivity contribution in [3.8, 4) is 23.2 Å². The Morgan fingerprint density at radius 3 is 2.63 bits per heavy atom. The van der Waals surface area contributed by atoms with Gasteiger partial charge in [0.1, 0.15) is 17.2 Å². The fraction of sp³-hybridized carbons (Fsp3) is 0.500. The maximum absolute atomic E-state index is 12.5. The molecule has 2 saturated heterocycles. The standard InChI is InChI=1S/C28H33N7O5S/c1-27(17-36)8-11-34(12-9-27)23-13-25(30-14-20(23)3-2-7-28(37)18-40-19-28)32-24-6-10-29-26(33-24)21-15-31-35(16-21)41(38,39)22-4-5-22/h6,10,13-16,22,36-37H,4-5,7-9,11-12,17-19H2,1H3,(H,29,30,32,33). The van der Waals surface area contributed by atoms with Crippen molar-refractivity contribution in [2.75, 3.05) is 43.1 Å². The molecule has 3 aliphatic rings. The van der Waals surface area contributed by atoms with Crippen LogP contribution in [0.2, 0.25) is 0 Å². The summed E-state index contributed by atoms with van der Waals surface area (Å²) >= 11 is 0. The molecule has 1 aliphatic carbocycles. The molecule has 0 atom stereocenters. The summed E-state index contributed by atoms with van der Waals surface area (Å²) in [5.41, 5.74) is 1.16. The van der Waals surface area contributed by atoms with Gasteiger partial charge in [-0.1, -0.05) is 18.8 Å². The van der Waals surface area contributed by atoms with Gasteiger partial charge in [0.25, 0.3) is 10.0 Å². The highest BCUT2D eigenvalue weighted by molar-refractivity contribution is 7.90. The van der Waals surface area contributed by atoms with Gasteiger partial charge < -0.3 is 25.2 Å². The lowest BCUT2D eigenvalue weighted by Crippen LogP contribution is -2.49. The molecule has 0 spiro atoms. The van der Waals surface area contributed by atoms with Crippen LogP contribution in [0, 0.1) is 17.3 Å². The highest BCUT2D eigenvalue weighted by Crippen LogP contribution is 2.35. The lowest BCUT2D eigenvalue weighted by molar-refractivity contribution is -0.174. The zero-order chi connectivity index (χ0) is 28.7. The van der Waals surface area contributed by atoms with Gasteiger partial charge >= 0.3 is 0 Å². The Labute approximate surface area is 238 Å². The Morgan fingerprint density at radius 1 is 1.17 bits per heavy atom. The summed E-state index contributed by atoms with van der Waals surface area (Å²) in [5.74, 6) is 7.67. The molecular weight excluding hydrogens is 546 g/mol. The minimum absolute atomic E-state index is 0.104. The first-order chi connectivity index (χ1) is 19.7. The second-order valence-corrected chi connectivity index (χ2v) is 13.5. The van der Waals surface area contributed by atoms with Crippen LogP contribution in [0.25, 0.3) is 11.4 Å². The maximum atomic E-state index is 12.5. The maximum Gasteiger partial charge on any atom is 0.256 e. The number of anilines is 3. The van der Waals surface area contributed by atoms with Gasteiger partial charge in [0.15, 0.2) is 5.82 Å². The number of piperidine rings is 1. The third kappa shape index (κ3) is 5.92. The van der Waals surface area contributed by atoms with Crippen LogP contribution < -0.4 is 10.2 Å². The van der Waals surface area contributed by atoms with Crippen LogP contribution in [0.3, 0.4) is 0 Å². The molecule has 0 unspecified atom stereocenters. The first-order valence-electron chi connectivity index (χ1n) is 13.7. The largest absolute Gasteiger partial charge is 0.396 e. The molecule has 0 amide bonds. The molecule has 3 aromatic rings. The average Bonchev–Trinajstić information content (AvgIpc) is 3.70. The summed E-state index contributed by atoms with van der Waals surface area (Å²) in [6.07, 6.45) is 9.51. The van der Waals surface area contributed by atoms with Crippen LogP contribution in [-0.4, -0.2) is 86.5 Å². The predicted molar refractivity (Wildman–Crippen MR) is 152 cm³/mol. The van der Waals surface area contributed by atoms with Crippen molar-refractivity contribution >= 4 is 27.3 Å². The van der Waals surface area contributed by atoms with Crippen LogP contribution in [0.4, 0.5) is 17.3 Å². The van der Waals surface area contributed by atoms with Crippen molar-refractivity contribution in [2.45, 2.75) is 49.9 Å². The van der Waals surface area contributed by atoms with E-state index in [1.807, 2.05) is 6.07 Å². The summed E-state index contributed by atoms with van der Waals surface area (Å²) in [4.78, 5) is 15.7. The predicted octanol–water partition coefficient (Wildman–Crippen LogP) is 1.92. The molecule has 216 valence electrons. The molecule has 3 aromatic heterocycles. The van der Waals surface area contributed by atoms with Crippen LogP contribution in [0.1, 0.15) is 44.6 Å². The molecule has 0 bridgehead atoms. The van der Waals surface area contributed by atoms with E-state index in [2.05, 4.69) is 49.0 Å². The number of aromatic nitrogens is 5. The zero-order valence-corrected chi connectivity index (χ0v) is 23.6. The molecule has 6 rings (SSSR count). The zero-order valence-electron chi connectivity index (χ0n) is 22.8. The van der Waals surface area contributed by atoms with Gasteiger partial charge in [-0.2, -0.15) is 9.19 Å². The SMILES string of the molecule is CC1(CO)CCN(c2cc(Nc3ccnc(-c4cnn(S(=O)(=O)C5CC5)c4)n3)ncc2C#CCC2(O)COC2)CC1. The van der Waals surface area contributed by atoms with E-state index in [0.29, 0.717) is 55.5 Å². The minimum atomic E-state index is -3.48. The molecule has 0 radical (unpaired) electrons. The third-order valence-corrected chi connectivity index (χ3v) is 9.93. The number of hydrogen-bond acceptors (Lipinski definition) is 11. The van der Waals surface area contributed by atoms with Crippen molar-refractivity contribution in [1.29, 1.82) is 0 Å². The molecule has 3 fully saturated rings. The van der Waals surface area contributed by atoms with Crippen molar-refractivity contribution in [2.24, 2.45) is 5.41 Å². The molecule has 3 N–H and O–H groups in total. The molecule has 1 saturated carbocycles. The number of nitrogens with zero attached hydrogens (tertiary/aromatic N) is 6. The van der Waals surface area contributed by atoms with E-state index < -0.39 is 15.6 Å². The van der Waals surface area contributed by atoms with Crippen LogP contribution in [0.15, 0.2) is 36.9 Å². The number of aliphatic hydroxyl groups excluding tert-OH is 1. The van der Waals surface area contributed by atoms with Crippen LogP contribution in [0.5, 0.6) is 0 Å². The smallest absolute Gasteiger partial charge is 0.256 e. The number of hydrogen-bond donors (Lipinski definition) is 3. The fourth-order valence-electron chi connectivity index (χ4n) is 4.84. The van der Waals surface area contributed by atoms with Crippen molar-refractivity contribution in [3.63, 3.8) is 0 Å². The lowest BCUT2D eigenvalue weighted by Gasteiger charge is -2.39. The van der Waals surface area contributed by atoms with Crippen molar-refractivity contribution in [1.82, 2.24) is 24.1 Å². The Morgan fingerprint density at radius 2 is 1.95 bits per heavy atom. The van der Waals surface area contributed by atoms with Gasteiger partial charge in [-0.05, 0) is 37.2 Å². The highest BCUT2D eigenvalue weighted by Gasteiger charge is 2.38. The first-order valence-corrected chi connectivity index (χ1v) is 15.2. The number of aliphatic hydroxyl groups is 2. The van der Waals surface area contributed by atoms with E-state index in [-0.39, 0.29) is 17.3 Å². The van der Waals surface area contributed by atoms with Gasteiger partial charge in [-0.15, -0.1) is 0 Å². The van der Waals surface area contributed by atoms with Crippen LogP contribution >= 0.6 is 0 Å². The second kappa shape index (κ2) is 10.7. The van der Waals surface area contributed by atoms with E-state index in [4.69, 9.17) is 4.74 Å². The van der Waals surface area contributed by atoms with E-state index in [1.165, 1.54) is 12.4 Å². The van der Waals surface area contributed by atoms with E-state index in [0.717, 1.165) is 41.3 Å². The molecular formula is C28H33N7O5S. The summed E-state index contributed by atoms with van der Waals surface area (Å²) in [6, 6.07) is 3.63. The van der Waals surface area contributed by atoms with Gasteiger partial charge in [-0.3, -0.25) is 0 Å². The minimum Gasteiger partial charge on any atom is -0.396 e. The monoisotopic (exact) mass is 579 g/mol. The summed E-state index contributed by atoms with van der Waals surface area (Å²) < 4.78 is 31.2. The number of nitrogens with one attached hydrogen (secondary N) is 1. The van der Waals surface area contributed by atoms with Crippen molar-refractivity contribution in [3.05, 3.63) is 42.5 Å². The molecule has 12 nitrogen and oxygen atoms in total. The number of ether oxygens (including phenoxy) is 1. The van der Waals surface area contributed by atoms with Crippen molar-refractivity contribution < 1.29 is 23.4 Å². The molecule has 5 heterocycles. The number of rotatable bonds is 8. The Kier molecular flexibility index (Phi) is 7.19. The first kappa shape index (κ1) is 27.6. The average molecular weight is 580 g/mol. The van der Waals surface area contributed by atoms with Crippen LogP contribution in [-0.2, 0) is 14.8 Å². The summed E-state index contributed by atoms with van der Waals surface area (Å²) in [5, 5.41) is 27.1. The third-order valence-electron chi connectivity index (χ3n) is 7.89. The van der Waals surface area contributed by atoms with E-state index >= 15 is 0 Å².